The molecule has 4 nitrogen and oxygen atoms in total. The second kappa shape index (κ2) is 3.57. The average Bonchev–Trinajstić information content (AvgIpc) is 2.19. The first-order chi connectivity index (χ1) is 6.49. The van der Waals surface area contributed by atoms with E-state index in [-0.39, 0.29) is 11.4 Å². The Hall–Kier alpha value is -1.71. The maximum atomic E-state index is 11.3. The number of rotatable bonds is 1. The maximum absolute atomic E-state index is 11.3. The molecule has 0 bridgehead atoms. The van der Waals surface area contributed by atoms with E-state index in [4.69, 9.17) is 5.73 Å². The van der Waals surface area contributed by atoms with Crippen LogP contribution in [0.25, 0.3) is 0 Å². The Morgan fingerprint density at radius 3 is 2.50 bits per heavy atom. The number of carbonyl (C=O) groups is 1. The predicted octanol–water partition coefficient (Wildman–Crippen LogP) is 1.38. The van der Waals surface area contributed by atoms with Crippen LogP contribution in [0.4, 0.5) is 5.69 Å². The molecule has 0 fully saturated rings. The highest BCUT2D eigenvalue weighted by Crippen LogP contribution is 2.30. The molecule has 0 atom stereocenters. The number of benzene rings is 1. The standard InChI is InChI=1S/C10H13NO3/c1-5-6(2)9(12)8(11)4-7(5)10(13)14-3/h4,12H,11H2,1-3H3. The zero-order valence-electron chi connectivity index (χ0n) is 8.42. The number of phenolic OH excluding ortho intramolecular Hbond substituents is 1. The molecule has 1 aromatic rings. The van der Waals surface area contributed by atoms with Gasteiger partial charge < -0.3 is 15.6 Å². The minimum atomic E-state index is -0.447. The number of phenols is 1. The SMILES string of the molecule is COC(=O)c1cc(N)c(O)c(C)c1C. The Bertz CT molecular complexity index is 385. The molecule has 0 aromatic heterocycles. The van der Waals surface area contributed by atoms with Crippen LogP contribution in [0.15, 0.2) is 6.07 Å². The third kappa shape index (κ3) is 1.51. The fraction of sp³-hybridized carbons (Fsp3) is 0.300. The van der Waals surface area contributed by atoms with Crippen molar-refractivity contribution in [3.63, 3.8) is 0 Å². The lowest BCUT2D eigenvalue weighted by atomic mass is 10.0. The highest BCUT2D eigenvalue weighted by molar-refractivity contribution is 5.93. The maximum Gasteiger partial charge on any atom is 0.338 e. The summed E-state index contributed by atoms with van der Waals surface area (Å²) in [5.74, 6) is -0.424. The summed E-state index contributed by atoms with van der Waals surface area (Å²) in [7, 11) is 1.31. The van der Waals surface area contributed by atoms with Crippen molar-refractivity contribution >= 4 is 11.7 Å². The van der Waals surface area contributed by atoms with Crippen molar-refractivity contribution in [1.29, 1.82) is 0 Å². The average molecular weight is 195 g/mol. The Morgan fingerprint density at radius 2 is 2.00 bits per heavy atom. The van der Waals surface area contributed by atoms with Gasteiger partial charge in [0.1, 0.15) is 5.75 Å². The van der Waals surface area contributed by atoms with Crippen molar-refractivity contribution in [1.82, 2.24) is 0 Å². The number of esters is 1. The number of carbonyl (C=O) groups excluding carboxylic acids is 1. The van der Waals surface area contributed by atoms with Crippen LogP contribution in [0, 0.1) is 13.8 Å². The van der Waals surface area contributed by atoms with Crippen LogP contribution in [0.3, 0.4) is 0 Å². The van der Waals surface area contributed by atoms with Gasteiger partial charge >= 0.3 is 5.97 Å². The molecule has 14 heavy (non-hydrogen) atoms. The Kier molecular flexibility index (Phi) is 2.65. The van der Waals surface area contributed by atoms with Crippen LogP contribution >= 0.6 is 0 Å². The molecule has 0 aliphatic rings. The minimum Gasteiger partial charge on any atom is -0.506 e. The van der Waals surface area contributed by atoms with Gasteiger partial charge in [0.25, 0.3) is 0 Å². The van der Waals surface area contributed by atoms with Gasteiger partial charge in [0, 0.05) is 0 Å². The zero-order chi connectivity index (χ0) is 10.9. The van der Waals surface area contributed by atoms with Crippen LogP contribution in [0.5, 0.6) is 5.75 Å². The Balaban J connectivity index is 3.40. The molecule has 1 rings (SSSR count). The molecular formula is C10H13NO3. The van der Waals surface area contributed by atoms with E-state index in [2.05, 4.69) is 4.74 Å². The summed E-state index contributed by atoms with van der Waals surface area (Å²) in [5.41, 5.74) is 7.39. The first-order valence-electron chi connectivity index (χ1n) is 4.16. The second-order valence-corrected chi connectivity index (χ2v) is 3.10. The smallest absolute Gasteiger partial charge is 0.338 e. The molecule has 0 amide bonds. The number of nitrogen functional groups attached to an aromatic ring is 1. The molecule has 0 spiro atoms. The van der Waals surface area contributed by atoms with E-state index in [1.807, 2.05) is 0 Å². The largest absolute Gasteiger partial charge is 0.506 e. The molecule has 76 valence electrons. The van der Waals surface area contributed by atoms with E-state index in [1.165, 1.54) is 13.2 Å². The summed E-state index contributed by atoms with van der Waals surface area (Å²) in [5, 5.41) is 9.49. The highest BCUT2D eigenvalue weighted by Gasteiger charge is 2.15. The van der Waals surface area contributed by atoms with Crippen molar-refractivity contribution in [2.24, 2.45) is 0 Å². The van der Waals surface area contributed by atoms with Gasteiger partial charge in [0.05, 0.1) is 18.4 Å². The van der Waals surface area contributed by atoms with E-state index in [0.717, 1.165) is 0 Å². The number of anilines is 1. The van der Waals surface area contributed by atoms with E-state index < -0.39 is 5.97 Å². The summed E-state index contributed by atoms with van der Waals surface area (Å²) in [4.78, 5) is 11.3. The topological polar surface area (TPSA) is 72.5 Å². The van der Waals surface area contributed by atoms with E-state index in [1.54, 1.807) is 13.8 Å². The lowest BCUT2D eigenvalue weighted by molar-refractivity contribution is 0.0600. The molecule has 4 heteroatoms. The van der Waals surface area contributed by atoms with Gasteiger partial charge in [0.2, 0.25) is 0 Å². The Morgan fingerprint density at radius 1 is 1.43 bits per heavy atom. The molecule has 0 saturated heterocycles. The van der Waals surface area contributed by atoms with Crippen molar-refractivity contribution < 1.29 is 14.6 Å². The first-order valence-corrected chi connectivity index (χ1v) is 4.16. The summed E-state index contributed by atoms with van der Waals surface area (Å²) in [6, 6.07) is 1.42. The zero-order valence-corrected chi connectivity index (χ0v) is 8.42. The monoisotopic (exact) mass is 195 g/mol. The van der Waals surface area contributed by atoms with E-state index >= 15 is 0 Å². The van der Waals surface area contributed by atoms with Crippen molar-refractivity contribution in [3.8, 4) is 5.75 Å². The first kappa shape index (κ1) is 10.4. The normalized spacial score (nSPS) is 9.93. The van der Waals surface area contributed by atoms with Crippen LogP contribution in [0.2, 0.25) is 0 Å². The lowest BCUT2D eigenvalue weighted by Gasteiger charge is -2.10. The third-order valence-electron chi connectivity index (χ3n) is 2.30. The number of hydrogen-bond acceptors (Lipinski definition) is 4. The molecule has 0 heterocycles. The van der Waals surface area contributed by atoms with Gasteiger partial charge in [0.15, 0.2) is 0 Å². The van der Waals surface area contributed by atoms with Crippen molar-refractivity contribution in [3.05, 3.63) is 22.8 Å². The number of methoxy groups -OCH3 is 1. The van der Waals surface area contributed by atoms with E-state index in [0.29, 0.717) is 16.7 Å². The van der Waals surface area contributed by atoms with Crippen LogP contribution in [-0.2, 0) is 4.74 Å². The lowest BCUT2D eigenvalue weighted by Crippen LogP contribution is -2.06. The number of hydrogen-bond donors (Lipinski definition) is 2. The van der Waals surface area contributed by atoms with Gasteiger partial charge in [-0.25, -0.2) is 4.79 Å². The van der Waals surface area contributed by atoms with Crippen molar-refractivity contribution in [2.75, 3.05) is 12.8 Å². The second-order valence-electron chi connectivity index (χ2n) is 3.10. The molecule has 3 N–H and O–H groups in total. The minimum absolute atomic E-state index is 0.0233. The van der Waals surface area contributed by atoms with Crippen LogP contribution in [-0.4, -0.2) is 18.2 Å². The van der Waals surface area contributed by atoms with Gasteiger partial charge in [-0.2, -0.15) is 0 Å². The molecule has 1 aromatic carbocycles. The summed E-state index contributed by atoms with van der Waals surface area (Å²) in [6.07, 6.45) is 0. The fourth-order valence-corrected chi connectivity index (χ4v) is 1.25. The van der Waals surface area contributed by atoms with Gasteiger partial charge in [-0.3, -0.25) is 0 Å². The quantitative estimate of drug-likeness (QED) is 0.403. The molecular weight excluding hydrogens is 182 g/mol. The molecule has 0 aliphatic heterocycles. The van der Waals surface area contributed by atoms with Gasteiger partial charge in [-0.15, -0.1) is 0 Å². The molecule has 0 saturated carbocycles. The number of nitrogens with two attached hydrogens (primary N) is 1. The number of ether oxygens (including phenoxy) is 1. The predicted molar refractivity (Wildman–Crippen MR) is 53.3 cm³/mol. The summed E-state index contributed by atoms with van der Waals surface area (Å²) >= 11 is 0. The molecule has 0 aliphatic carbocycles. The number of aromatic hydroxyl groups is 1. The summed E-state index contributed by atoms with van der Waals surface area (Å²) < 4.78 is 4.59. The van der Waals surface area contributed by atoms with E-state index in [9.17, 15) is 9.90 Å². The molecule has 0 radical (unpaired) electrons. The summed E-state index contributed by atoms with van der Waals surface area (Å²) in [6.45, 7) is 3.44. The van der Waals surface area contributed by atoms with Gasteiger partial charge in [-0.1, -0.05) is 0 Å². The highest BCUT2D eigenvalue weighted by atomic mass is 16.5. The van der Waals surface area contributed by atoms with Crippen molar-refractivity contribution in [2.45, 2.75) is 13.8 Å². The van der Waals surface area contributed by atoms with Crippen LogP contribution in [0.1, 0.15) is 21.5 Å². The Labute approximate surface area is 82.3 Å². The molecule has 0 unspecified atom stereocenters. The van der Waals surface area contributed by atoms with Crippen LogP contribution < -0.4 is 5.73 Å². The fourth-order valence-electron chi connectivity index (χ4n) is 1.25. The van der Waals surface area contributed by atoms with Gasteiger partial charge in [-0.05, 0) is 31.0 Å². The third-order valence-corrected chi connectivity index (χ3v) is 2.30.